The van der Waals surface area contributed by atoms with Gasteiger partial charge in [0, 0.05) is 12.2 Å². The highest BCUT2D eigenvalue weighted by Crippen LogP contribution is 2.34. The fourth-order valence-electron chi connectivity index (χ4n) is 2.84. The third-order valence-electron chi connectivity index (χ3n) is 4.28. The lowest BCUT2D eigenvalue weighted by Gasteiger charge is -2.29. The van der Waals surface area contributed by atoms with Crippen molar-refractivity contribution in [2.45, 2.75) is 38.0 Å². The van der Waals surface area contributed by atoms with Crippen LogP contribution in [0.4, 0.5) is 13.2 Å². The van der Waals surface area contributed by atoms with Crippen molar-refractivity contribution >= 4 is 5.91 Å². The fourth-order valence-corrected chi connectivity index (χ4v) is 2.84. The zero-order chi connectivity index (χ0) is 18.7. The van der Waals surface area contributed by atoms with Gasteiger partial charge in [0.25, 0.3) is 5.91 Å². The minimum Gasteiger partial charge on any atom is -0.484 e. The van der Waals surface area contributed by atoms with Gasteiger partial charge < -0.3 is 9.64 Å². The lowest BCUT2D eigenvalue weighted by atomic mass is 10.1. The van der Waals surface area contributed by atoms with Crippen LogP contribution in [0.25, 0.3) is 0 Å². The average molecular weight is 364 g/mol. The van der Waals surface area contributed by atoms with E-state index in [-0.39, 0.29) is 30.3 Å². The third kappa shape index (κ3) is 4.33. The normalized spacial score (nSPS) is 15.4. The molecule has 1 amide bonds. The van der Waals surface area contributed by atoms with Crippen LogP contribution in [-0.2, 0) is 11.0 Å². The van der Waals surface area contributed by atoms with Gasteiger partial charge in [-0.3, -0.25) is 9.78 Å². The summed E-state index contributed by atoms with van der Waals surface area (Å²) in [4.78, 5) is 18.7. The number of hydrogen-bond acceptors (Lipinski definition) is 3. The third-order valence-corrected chi connectivity index (χ3v) is 4.28. The van der Waals surface area contributed by atoms with Crippen LogP contribution in [0.5, 0.6) is 5.75 Å². The Morgan fingerprint density at radius 2 is 2.04 bits per heavy atom. The first-order chi connectivity index (χ1) is 12.4. The van der Waals surface area contributed by atoms with Crippen LogP contribution in [0.3, 0.4) is 0 Å². The molecular weight excluding hydrogens is 345 g/mol. The van der Waals surface area contributed by atoms with E-state index in [4.69, 9.17) is 4.74 Å². The first kappa shape index (κ1) is 18.2. The van der Waals surface area contributed by atoms with Crippen molar-refractivity contribution in [3.63, 3.8) is 0 Å². The zero-order valence-corrected chi connectivity index (χ0v) is 14.2. The Morgan fingerprint density at radius 3 is 2.65 bits per heavy atom. The Kier molecular flexibility index (Phi) is 5.15. The number of ether oxygens (including phenoxy) is 1. The van der Waals surface area contributed by atoms with E-state index in [0.29, 0.717) is 0 Å². The number of benzene rings is 1. The summed E-state index contributed by atoms with van der Waals surface area (Å²) in [5.41, 5.74) is -0.0322. The molecule has 1 saturated carbocycles. The second-order valence-electron chi connectivity index (χ2n) is 6.28. The van der Waals surface area contributed by atoms with Gasteiger partial charge in [-0.05, 0) is 50.1 Å². The Bertz CT molecular complexity index is 761. The number of nitrogens with zero attached hydrogens (tertiary/aromatic N) is 2. The van der Waals surface area contributed by atoms with Crippen LogP contribution in [0, 0.1) is 0 Å². The first-order valence-corrected chi connectivity index (χ1v) is 8.38. The molecule has 0 radical (unpaired) electrons. The van der Waals surface area contributed by atoms with Gasteiger partial charge in [-0.2, -0.15) is 13.2 Å². The molecule has 0 aliphatic heterocycles. The molecule has 3 rings (SSSR count). The van der Waals surface area contributed by atoms with Crippen molar-refractivity contribution in [1.82, 2.24) is 9.88 Å². The molecule has 1 fully saturated rings. The van der Waals surface area contributed by atoms with E-state index >= 15 is 0 Å². The highest BCUT2D eigenvalue weighted by molar-refractivity contribution is 5.79. The Morgan fingerprint density at radius 1 is 1.27 bits per heavy atom. The molecule has 1 aliphatic carbocycles. The summed E-state index contributed by atoms with van der Waals surface area (Å²) in [6.07, 6.45) is -0.962. The summed E-state index contributed by atoms with van der Waals surface area (Å²) in [7, 11) is 0. The van der Waals surface area contributed by atoms with Crippen molar-refractivity contribution in [2.75, 3.05) is 6.61 Å². The summed E-state index contributed by atoms with van der Waals surface area (Å²) in [6.45, 7) is 1.58. The molecule has 1 atom stereocenters. The van der Waals surface area contributed by atoms with E-state index in [9.17, 15) is 18.0 Å². The van der Waals surface area contributed by atoms with E-state index in [2.05, 4.69) is 4.98 Å². The number of alkyl halides is 3. The van der Waals surface area contributed by atoms with Gasteiger partial charge in [0.2, 0.25) is 0 Å². The fraction of sp³-hybridized carbons (Fsp3) is 0.368. The molecule has 0 unspecified atom stereocenters. The van der Waals surface area contributed by atoms with Crippen LogP contribution in [0.2, 0.25) is 0 Å². The molecule has 0 saturated heterocycles. The molecule has 26 heavy (non-hydrogen) atoms. The highest BCUT2D eigenvalue weighted by Gasteiger charge is 2.37. The maximum absolute atomic E-state index is 12.8. The van der Waals surface area contributed by atoms with Gasteiger partial charge in [0.15, 0.2) is 6.61 Å². The lowest BCUT2D eigenvalue weighted by Crippen LogP contribution is -2.39. The van der Waals surface area contributed by atoms with Crippen molar-refractivity contribution < 1.29 is 22.7 Å². The highest BCUT2D eigenvalue weighted by atomic mass is 19.4. The molecule has 1 aromatic carbocycles. The predicted octanol–water partition coefficient (Wildman–Crippen LogP) is 4.23. The number of amides is 1. The molecule has 0 spiro atoms. The number of carbonyl (C=O) groups is 1. The van der Waals surface area contributed by atoms with Gasteiger partial charge in [0.1, 0.15) is 5.75 Å². The van der Waals surface area contributed by atoms with Crippen LogP contribution in [-0.4, -0.2) is 28.4 Å². The summed E-state index contributed by atoms with van der Waals surface area (Å²) in [6, 6.07) is 9.95. The van der Waals surface area contributed by atoms with E-state index in [1.807, 2.05) is 19.1 Å². The topological polar surface area (TPSA) is 42.4 Å². The molecule has 2 aromatic rings. The zero-order valence-electron chi connectivity index (χ0n) is 14.2. The first-order valence-electron chi connectivity index (χ1n) is 8.38. The Balaban J connectivity index is 1.68. The predicted molar refractivity (Wildman–Crippen MR) is 89.5 cm³/mol. The lowest BCUT2D eigenvalue weighted by molar-refractivity contribution is -0.137. The number of aromatic nitrogens is 1. The second-order valence-corrected chi connectivity index (χ2v) is 6.28. The van der Waals surface area contributed by atoms with E-state index < -0.39 is 11.7 Å². The number of hydrogen-bond donors (Lipinski definition) is 0. The summed E-state index contributed by atoms with van der Waals surface area (Å²) in [5, 5.41) is 0. The van der Waals surface area contributed by atoms with Crippen molar-refractivity contribution in [3.05, 3.63) is 59.9 Å². The molecule has 1 heterocycles. The number of halogens is 3. The minimum atomic E-state index is -4.45. The second kappa shape index (κ2) is 7.35. The average Bonchev–Trinajstić information content (AvgIpc) is 3.45. The van der Waals surface area contributed by atoms with Gasteiger partial charge >= 0.3 is 6.18 Å². The molecule has 1 aromatic heterocycles. The SMILES string of the molecule is C[C@H](c1ccccn1)N(C(=O)COc1cccc(C(F)(F)F)c1)C1CC1. The standard InChI is InChI=1S/C19H19F3N2O2/c1-13(17-7-2-3-10-23-17)24(15-8-9-15)18(25)12-26-16-6-4-5-14(11-16)19(20,21)22/h2-7,10-11,13,15H,8-9,12H2,1H3/t13-/m1/s1. The molecule has 0 bridgehead atoms. The van der Waals surface area contributed by atoms with Crippen LogP contribution in [0.1, 0.15) is 37.1 Å². The van der Waals surface area contributed by atoms with E-state index in [1.54, 1.807) is 17.2 Å². The smallest absolute Gasteiger partial charge is 0.416 e. The number of pyridine rings is 1. The summed E-state index contributed by atoms with van der Waals surface area (Å²) < 4.78 is 43.6. The number of rotatable bonds is 6. The van der Waals surface area contributed by atoms with Crippen LogP contribution >= 0.6 is 0 Å². The van der Waals surface area contributed by atoms with Crippen LogP contribution < -0.4 is 4.74 Å². The minimum absolute atomic E-state index is 0.0226. The van der Waals surface area contributed by atoms with Gasteiger partial charge in [-0.25, -0.2) is 0 Å². The summed E-state index contributed by atoms with van der Waals surface area (Å²) >= 11 is 0. The molecule has 0 N–H and O–H groups in total. The Hall–Kier alpha value is -2.57. The molecule has 138 valence electrons. The maximum atomic E-state index is 12.8. The van der Waals surface area contributed by atoms with Gasteiger partial charge in [0.05, 0.1) is 17.3 Å². The van der Waals surface area contributed by atoms with Crippen molar-refractivity contribution in [3.8, 4) is 5.75 Å². The quantitative estimate of drug-likeness (QED) is 0.770. The molecule has 7 heteroatoms. The largest absolute Gasteiger partial charge is 0.484 e. The summed E-state index contributed by atoms with van der Waals surface area (Å²) in [5.74, 6) is -0.238. The van der Waals surface area contributed by atoms with Gasteiger partial charge in [-0.1, -0.05) is 12.1 Å². The maximum Gasteiger partial charge on any atom is 0.416 e. The van der Waals surface area contributed by atoms with Crippen molar-refractivity contribution in [2.24, 2.45) is 0 Å². The monoisotopic (exact) mass is 364 g/mol. The van der Waals surface area contributed by atoms with Crippen LogP contribution in [0.15, 0.2) is 48.7 Å². The van der Waals surface area contributed by atoms with Gasteiger partial charge in [-0.15, -0.1) is 0 Å². The molecular formula is C19H19F3N2O2. The van der Waals surface area contributed by atoms with E-state index in [0.717, 1.165) is 30.7 Å². The molecule has 4 nitrogen and oxygen atoms in total. The molecule has 1 aliphatic rings. The van der Waals surface area contributed by atoms with E-state index in [1.165, 1.54) is 12.1 Å². The Labute approximate surface area is 149 Å². The number of carbonyl (C=O) groups excluding carboxylic acids is 1. The van der Waals surface area contributed by atoms with Crippen molar-refractivity contribution in [1.29, 1.82) is 0 Å².